The molecule has 5 rings (SSSR count). The van der Waals surface area contributed by atoms with Gasteiger partial charge in [0.05, 0.1) is 16.7 Å². The van der Waals surface area contributed by atoms with E-state index in [0.717, 1.165) is 28.5 Å². The van der Waals surface area contributed by atoms with E-state index in [-0.39, 0.29) is 0 Å². The minimum Gasteiger partial charge on any atom is -0.309 e. The molecule has 0 saturated carbocycles. The van der Waals surface area contributed by atoms with Crippen LogP contribution in [0.4, 0.5) is 0 Å². The predicted molar refractivity (Wildman–Crippen MR) is 111 cm³/mol. The molecule has 27 heavy (non-hydrogen) atoms. The fourth-order valence-corrected chi connectivity index (χ4v) is 3.85. The molecule has 3 nitrogen and oxygen atoms in total. The second kappa shape index (κ2) is 6.06. The predicted octanol–water partition coefficient (Wildman–Crippen LogP) is 5.86. The highest BCUT2D eigenvalue weighted by molar-refractivity contribution is 6.09. The summed E-state index contributed by atoms with van der Waals surface area (Å²) in [6, 6.07) is 27.8. The van der Waals surface area contributed by atoms with E-state index in [0.29, 0.717) is 0 Å². The van der Waals surface area contributed by atoms with Crippen LogP contribution < -0.4 is 0 Å². The number of aryl methyl sites for hydroxylation is 2. The summed E-state index contributed by atoms with van der Waals surface area (Å²) in [5.74, 6) is 0.802. The lowest BCUT2D eigenvalue weighted by Gasteiger charge is -2.09. The van der Waals surface area contributed by atoms with Gasteiger partial charge < -0.3 is 4.57 Å². The normalized spacial score (nSPS) is 11.3. The Balaban J connectivity index is 1.69. The highest BCUT2D eigenvalue weighted by Gasteiger charge is 2.11. The van der Waals surface area contributed by atoms with Crippen LogP contribution in [0.5, 0.6) is 0 Å². The Morgan fingerprint density at radius 3 is 1.85 bits per heavy atom. The first-order valence-electron chi connectivity index (χ1n) is 9.12. The summed E-state index contributed by atoms with van der Waals surface area (Å²) in [5, 5.41) is 2.55. The Bertz CT molecular complexity index is 1210. The van der Waals surface area contributed by atoms with Gasteiger partial charge in [0, 0.05) is 27.7 Å². The van der Waals surface area contributed by atoms with Gasteiger partial charge in [-0.1, -0.05) is 48.5 Å². The number of benzene rings is 3. The number of rotatable bonds is 2. The van der Waals surface area contributed by atoms with E-state index in [1.165, 1.54) is 21.8 Å². The maximum Gasteiger partial charge on any atom is 0.126 e. The Labute approximate surface area is 157 Å². The molecule has 2 aromatic heterocycles. The lowest BCUT2D eigenvalue weighted by atomic mass is 10.1. The number of para-hydroxylation sites is 2. The van der Waals surface area contributed by atoms with Crippen LogP contribution in [-0.4, -0.2) is 14.5 Å². The van der Waals surface area contributed by atoms with Gasteiger partial charge in [-0.3, -0.25) is 0 Å². The Morgan fingerprint density at radius 1 is 0.667 bits per heavy atom. The number of hydrogen-bond donors (Lipinski definition) is 0. The van der Waals surface area contributed by atoms with Crippen LogP contribution in [0.25, 0.3) is 38.8 Å². The first-order chi connectivity index (χ1) is 13.2. The van der Waals surface area contributed by atoms with Gasteiger partial charge in [-0.2, -0.15) is 0 Å². The minimum absolute atomic E-state index is 0.802. The van der Waals surface area contributed by atoms with Crippen molar-refractivity contribution >= 4 is 21.8 Å². The molecule has 0 bridgehead atoms. The largest absolute Gasteiger partial charge is 0.309 e. The van der Waals surface area contributed by atoms with Crippen molar-refractivity contribution < 1.29 is 0 Å². The van der Waals surface area contributed by atoms with Crippen LogP contribution in [0.3, 0.4) is 0 Å². The lowest BCUT2D eigenvalue weighted by Crippen LogP contribution is -1.96. The molecule has 0 radical (unpaired) electrons. The zero-order valence-electron chi connectivity index (χ0n) is 15.3. The van der Waals surface area contributed by atoms with E-state index in [1.807, 2.05) is 19.9 Å². The van der Waals surface area contributed by atoms with Crippen LogP contribution in [0, 0.1) is 13.8 Å². The molecule has 0 aliphatic carbocycles. The molecule has 0 saturated heterocycles. The summed E-state index contributed by atoms with van der Waals surface area (Å²) in [5.41, 5.74) is 6.66. The molecule has 5 aromatic rings. The zero-order valence-corrected chi connectivity index (χ0v) is 15.3. The smallest absolute Gasteiger partial charge is 0.126 e. The summed E-state index contributed by atoms with van der Waals surface area (Å²) in [4.78, 5) is 8.95. The average Bonchev–Trinajstić information content (AvgIpc) is 3.02. The van der Waals surface area contributed by atoms with Crippen molar-refractivity contribution in [2.45, 2.75) is 13.8 Å². The van der Waals surface area contributed by atoms with Crippen LogP contribution in [0.15, 0.2) is 78.9 Å². The van der Waals surface area contributed by atoms with Gasteiger partial charge in [-0.25, -0.2) is 9.97 Å². The number of aromatic nitrogens is 3. The third-order valence-corrected chi connectivity index (χ3v) is 4.97. The summed E-state index contributed by atoms with van der Waals surface area (Å²) in [6.45, 7) is 3.94. The molecule has 0 atom stereocenters. The number of nitrogens with zero attached hydrogens (tertiary/aromatic N) is 3. The Morgan fingerprint density at radius 2 is 1.26 bits per heavy atom. The molecular formula is C24H19N3. The number of hydrogen-bond acceptors (Lipinski definition) is 2. The van der Waals surface area contributed by atoms with Crippen LogP contribution in [0.1, 0.15) is 11.5 Å². The minimum atomic E-state index is 0.802. The van der Waals surface area contributed by atoms with Gasteiger partial charge in [0.2, 0.25) is 0 Å². The molecule has 0 unspecified atom stereocenters. The molecule has 0 amide bonds. The van der Waals surface area contributed by atoms with E-state index in [9.17, 15) is 0 Å². The van der Waals surface area contributed by atoms with Gasteiger partial charge in [0.1, 0.15) is 5.82 Å². The highest BCUT2D eigenvalue weighted by Crippen LogP contribution is 2.32. The summed E-state index contributed by atoms with van der Waals surface area (Å²) >= 11 is 0. The summed E-state index contributed by atoms with van der Waals surface area (Å²) < 4.78 is 2.32. The first kappa shape index (κ1) is 15.8. The van der Waals surface area contributed by atoms with Crippen molar-refractivity contribution in [2.75, 3.05) is 0 Å². The summed E-state index contributed by atoms with van der Waals surface area (Å²) in [6.07, 6.45) is 0. The van der Waals surface area contributed by atoms with E-state index < -0.39 is 0 Å². The van der Waals surface area contributed by atoms with Crippen molar-refractivity contribution in [2.24, 2.45) is 0 Å². The molecule has 0 fully saturated rings. The third-order valence-electron chi connectivity index (χ3n) is 4.97. The lowest BCUT2D eigenvalue weighted by molar-refractivity contribution is 1.02. The van der Waals surface area contributed by atoms with Crippen molar-refractivity contribution in [3.63, 3.8) is 0 Å². The van der Waals surface area contributed by atoms with Gasteiger partial charge in [0.25, 0.3) is 0 Å². The Kier molecular flexibility index (Phi) is 3.54. The molecule has 0 aliphatic rings. The van der Waals surface area contributed by atoms with Gasteiger partial charge in [0.15, 0.2) is 0 Å². The van der Waals surface area contributed by atoms with E-state index in [1.54, 1.807) is 0 Å². The first-order valence-corrected chi connectivity index (χ1v) is 9.12. The van der Waals surface area contributed by atoms with E-state index in [4.69, 9.17) is 0 Å². The molecule has 0 aliphatic heterocycles. The molecule has 3 aromatic carbocycles. The third kappa shape index (κ3) is 2.59. The molecule has 0 spiro atoms. The number of fused-ring (bicyclic) bond motifs is 3. The van der Waals surface area contributed by atoms with Crippen molar-refractivity contribution in [3.8, 4) is 16.9 Å². The SMILES string of the molecule is Cc1cc(-c2ccc(-n3c4ccccc4c4ccccc43)cc2)nc(C)n1. The maximum absolute atomic E-state index is 4.58. The van der Waals surface area contributed by atoms with Crippen molar-refractivity contribution in [3.05, 3.63) is 90.4 Å². The van der Waals surface area contributed by atoms with Crippen LogP contribution in [0.2, 0.25) is 0 Å². The second-order valence-corrected chi connectivity index (χ2v) is 6.86. The monoisotopic (exact) mass is 349 g/mol. The van der Waals surface area contributed by atoms with Crippen molar-refractivity contribution in [1.29, 1.82) is 0 Å². The molecule has 3 heteroatoms. The van der Waals surface area contributed by atoms with E-state index in [2.05, 4.69) is 87.3 Å². The fraction of sp³-hybridized carbons (Fsp3) is 0.0833. The average molecular weight is 349 g/mol. The van der Waals surface area contributed by atoms with Crippen LogP contribution in [-0.2, 0) is 0 Å². The highest BCUT2D eigenvalue weighted by atomic mass is 15.0. The summed E-state index contributed by atoms with van der Waals surface area (Å²) in [7, 11) is 0. The van der Waals surface area contributed by atoms with Crippen molar-refractivity contribution in [1.82, 2.24) is 14.5 Å². The van der Waals surface area contributed by atoms with Crippen LogP contribution >= 0.6 is 0 Å². The second-order valence-electron chi connectivity index (χ2n) is 6.86. The molecule has 130 valence electrons. The van der Waals surface area contributed by atoms with Gasteiger partial charge >= 0.3 is 0 Å². The van der Waals surface area contributed by atoms with E-state index >= 15 is 0 Å². The molecule has 2 heterocycles. The standard InChI is InChI=1S/C24H19N3/c1-16-15-22(26-17(2)25-16)18-11-13-19(14-12-18)27-23-9-5-3-7-20(23)21-8-4-6-10-24(21)27/h3-15H,1-2H3. The molecular weight excluding hydrogens is 330 g/mol. The quantitative estimate of drug-likeness (QED) is 0.400. The van der Waals surface area contributed by atoms with Gasteiger partial charge in [-0.05, 0) is 44.2 Å². The maximum atomic E-state index is 4.58. The fourth-order valence-electron chi connectivity index (χ4n) is 3.85. The topological polar surface area (TPSA) is 30.7 Å². The zero-order chi connectivity index (χ0) is 18.4. The Hall–Kier alpha value is -3.46. The van der Waals surface area contributed by atoms with Gasteiger partial charge in [-0.15, -0.1) is 0 Å². The molecule has 0 N–H and O–H groups in total.